The van der Waals surface area contributed by atoms with Crippen molar-refractivity contribution in [1.82, 2.24) is 15.1 Å². The fraction of sp³-hybridized carbons (Fsp3) is 0.786. The minimum Gasteiger partial charge on any atom is -0.380 e. The summed E-state index contributed by atoms with van der Waals surface area (Å²) in [6.07, 6.45) is 4.50. The van der Waals surface area contributed by atoms with Crippen molar-refractivity contribution in [3.63, 3.8) is 0 Å². The highest BCUT2D eigenvalue weighted by Gasteiger charge is 2.22. The van der Waals surface area contributed by atoms with Crippen LogP contribution in [-0.4, -0.2) is 29.0 Å². The molecule has 1 fully saturated rings. The van der Waals surface area contributed by atoms with Gasteiger partial charge in [0.2, 0.25) is 0 Å². The first kappa shape index (κ1) is 13.6. The van der Waals surface area contributed by atoms with Crippen molar-refractivity contribution in [2.45, 2.75) is 51.6 Å². The Kier molecular flexibility index (Phi) is 4.07. The van der Waals surface area contributed by atoms with Crippen LogP contribution in [0, 0.1) is 0 Å². The molecule has 0 saturated carbocycles. The summed E-state index contributed by atoms with van der Waals surface area (Å²) >= 11 is 0. The van der Waals surface area contributed by atoms with Gasteiger partial charge in [-0.15, -0.1) is 0 Å². The number of ether oxygens (including phenoxy) is 1. The van der Waals surface area contributed by atoms with E-state index >= 15 is 0 Å². The Morgan fingerprint density at radius 1 is 1.50 bits per heavy atom. The van der Waals surface area contributed by atoms with E-state index in [4.69, 9.17) is 4.74 Å². The predicted octanol–water partition coefficient (Wildman–Crippen LogP) is 1.99. The molecule has 1 aromatic rings. The number of hydrogen-bond acceptors (Lipinski definition) is 3. The molecule has 4 nitrogen and oxygen atoms in total. The molecule has 0 aliphatic carbocycles. The van der Waals surface area contributed by atoms with Crippen LogP contribution in [0.5, 0.6) is 0 Å². The van der Waals surface area contributed by atoms with Gasteiger partial charge in [0, 0.05) is 43.4 Å². The van der Waals surface area contributed by atoms with Crippen molar-refractivity contribution >= 4 is 0 Å². The molecule has 1 saturated heterocycles. The van der Waals surface area contributed by atoms with E-state index in [0.717, 1.165) is 26.2 Å². The highest BCUT2D eigenvalue weighted by atomic mass is 16.5. The van der Waals surface area contributed by atoms with Gasteiger partial charge in [-0.3, -0.25) is 4.68 Å². The molecule has 102 valence electrons. The predicted molar refractivity (Wildman–Crippen MR) is 72.6 cm³/mol. The third kappa shape index (κ3) is 3.33. The molecule has 1 aromatic heterocycles. The lowest BCUT2D eigenvalue weighted by atomic mass is 9.89. The van der Waals surface area contributed by atoms with Crippen LogP contribution in [0.3, 0.4) is 0 Å². The second-order valence-corrected chi connectivity index (χ2v) is 6.22. The third-order valence-corrected chi connectivity index (χ3v) is 3.36. The van der Waals surface area contributed by atoms with Crippen molar-refractivity contribution in [2.75, 3.05) is 13.2 Å². The van der Waals surface area contributed by atoms with Crippen LogP contribution in [0.1, 0.15) is 44.9 Å². The topological polar surface area (TPSA) is 39.1 Å². The van der Waals surface area contributed by atoms with Gasteiger partial charge in [-0.1, -0.05) is 20.8 Å². The molecule has 1 aliphatic rings. The van der Waals surface area contributed by atoms with Crippen LogP contribution in [-0.2, 0) is 23.7 Å². The molecule has 1 unspecified atom stereocenters. The molecule has 0 bridgehead atoms. The van der Waals surface area contributed by atoms with Gasteiger partial charge >= 0.3 is 0 Å². The van der Waals surface area contributed by atoms with Gasteiger partial charge in [0.05, 0.1) is 12.3 Å². The summed E-state index contributed by atoms with van der Waals surface area (Å²) in [7, 11) is 1.99. The maximum atomic E-state index is 5.49. The Labute approximate surface area is 110 Å². The van der Waals surface area contributed by atoms with Crippen molar-refractivity contribution in [1.29, 1.82) is 0 Å². The Morgan fingerprint density at radius 3 is 2.89 bits per heavy atom. The first-order valence-electron chi connectivity index (χ1n) is 6.81. The van der Waals surface area contributed by atoms with Gasteiger partial charge in [-0.2, -0.15) is 5.10 Å². The average Bonchev–Trinajstić information content (AvgIpc) is 2.69. The van der Waals surface area contributed by atoms with E-state index in [1.54, 1.807) is 0 Å². The normalized spacial score (nSPS) is 21.2. The highest BCUT2D eigenvalue weighted by Crippen LogP contribution is 2.24. The number of rotatable bonds is 3. The van der Waals surface area contributed by atoms with Crippen molar-refractivity contribution < 1.29 is 4.74 Å². The first-order chi connectivity index (χ1) is 8.47. The van der Waals surface area contributed by atoms with Crippen molar-refractivity contribution in [3.05, 3.63) is 17.5 Å². The molecule has 18 heavy (non-hydrogen) atoms. The standard InChI is InChI=1S/C14H25N3O/c1-14(2,3)13-11(9-17(4)16-13)8-15-12-6-5-7-18-10-12/h9,12,15H,5-8,10H2,1-4H3. The number of nitrogens with one attached hydrogen (secondary N) is 1. The first-order valence-corrected chi connectivity index (χ1v) is 6.81. The van der Waals surface area contributed by atoms with E-state index in [1.165, 1.54) is 17.7 Å². The van der Waals surface area contributed by atoms with Gasteiger partial charge < -0.3 is 10.1 Å². The van der Waals surface area contributed by atoms with Crippen LogP contribution in [0.25, 0.3) is 0 Å². The maximum absolute atomic E-state index is 5.49. The minimum absolute atomic E-state index is 0.0985. The Hall–Kier alpha value is -0.870. The zero-order valence-corrected chi connectivity index (χ0v) is 12.0. The summed E-state index contributed by atoms with van der Waals surface area (Å²) in [6.45, 7) is 9.27. The van der Waals surface area contributed by atoms with Crippen molar-refractivity contribution in [3.8, 4) is 0 Å². The van der Waals surface area contributed by atoms with E-state index in [9.17, 15) is 0 Å². The zero-order chi connectivity index (χ0) is 13.2. The monoisotopic (exact) mass is 251 g/mol. The largest absolute Gasteiger partial charge is 0.380 e. The van der Waals surface area contributed by atoms with E-state index in [1.807, 2.05) is 11.7 Å². The van der Waals surface area contributed by atoms with Crippen LogP contribution < -0.4 is 5.32 Å². The van der Waals surface area contributed by atoms with Crippen LogP contribution in [0.4, 0.5) is 0 Å². The lowest BCUT2D eigenvalue weighted by Crippen LogP contribution is -2.36. The van der Waals surface area contributed by atoms with E-state index in [0.29, 0.717) is 6.04 Å². The maximum Gasteiger partial charge on any atom is 0.0722 e. The average molecular weight is 251 g/mol. The van der Waals surface area contributed by atoms with Gasteiger partial charge in [-0.05, 0) is 12.8 Å². The fourth-order valence-electron chi connectivity index (χ4n) is 2.45. The molecule has 2 rings (SSSR count). The molecule has 0 amide bonds. The van der Waals surface area contributed by atoms with Gasteiger partial charge in [0.15, 0.2) is 0 Å². The fourth-order valence-corrected chi connectivity index (χ4v) is 2.45. The summed E-state index contributed by atoms with van der Waals surface area (Å²) < 4.78 is 7.40. The Bertz CT molecular complexity index is 386. The lowest BCUT2D eigenvalue weighted by molar-refractivity contribution is 0.0699. The Morgan fingerprint density at radius 2 is 2.28 bits per heavy atom. The molecular weight excluding hydrogens is 226 g/mol. The van der Waals surface area contributed by atoms with Gasteiger partial charge in [0.1, 0.15) is 0 Å². The number of hydrogen-bond donors (Lipinski definition) is 1. The molecular formula is C14H25N3O. The van der Waals surface area contributed by atoms with Gasteiger partial charge in [0.25, 0.3) is 0 Å². The molecule has 0 radical (unpaired) electrons. The number of nitrogens with zero attached hydrogens (tertiary/aromatic N) is 2. The lowest BCUT2D eigenvalue weighted by Gasteiger charge is -2.24. The molecule has 4 heteroatoms. The Balaban J connectivity index is 2.00. The highest BCUT2D eigenvalue weighted by molar-refractivity contribution is 5.23. The SMILES string of the molecule is Cn1cc(CNC2CCCOC2)c(C(C)(C)C)n1. The molecule has 2 heterocycles. The zero-order valence-electron chi connectivity index (χ0n) is 12.0. The van der Waals surface area contributed by atoms with Crippen LogP contribution in [0.15, 0.2) is 6.20 Å². The summed E-state index contributed by atoms with van der Waals surface area (Å²) in [5.41, 5.74) is 2.59. The summed E-state index contributed by atoms with van der Waals surface area (Å²) in [6, 6.07) is 0.492. The molecule has 0 aromatic carbocycles. The van der Waals surface area contributed by atoms with Crippen LogP contribution >= 0.6 is 0 Å². The van der Waals surface area contributed by atoms with E-state index < -0.39 is 0 Å². The molecule has 1 N–H and O–H groups in total. The second-order valence-electron chi connectivity index (χ2n) is 6.22. The van der Waals surface area contributed by atoms with Crippen LogP contribution in [0.2, 0.25) is 0 Å². The van der Waals surface area contributed by atoms with Crippen molar-refractivity contribution in [2.24, 2.45) is 7.05 Å². The number of aromatic nitrogens is 2. The summed E-state index contributed by atoms with van der Waals surface area (Å²) in [4.78, 5) is 0. The van der Waals surface area contributed by atoms with E-state index in [-0.39, 0.29) is 5.41 Å². The van der Waals surface area contributed by atoms with E-state index in [2.05, 4.69) is 37.4 Å². The summed E-state index contributed by atoms with van der Waals surface area (Å²) in [5, 5.41) is 8.18. The molecule has 1 aliphatic heterocycles. The number of aryl methyl sites for hydroxylation is 1. The second kappa shape index (κ2) is 5.41. The molecule has 0 spiro atoms. The molecule has 1 atom stereocenters. The summed E-state index contributed by atoms with van der Waals surface area (Å²) in [5.74, 6) is 0. The van der Waals surface area contributed by atoms with Gasteiger partial charge in [-0.25, -0.2) is 0 Å². The smallest absolute Gasteiger partial charge is 0.0722 e. The third-order valence-electron chi connectivity index (χ3n) is 3.36. The minimum atomic E-state index is 0.0985. The quantitative estimate of drug-likeness (QED) is 0.893.